The average molecular weight is 607 g/mol. The van der Waals surface area contributed by atoms with E-state index in [-0.39, 0.29) is 10.5 Å². The van der Waals surface area contributed by atoms with Gasteiger partial charge in [0.2, 0.25) is 5.44 Å². The fourth-order valence-electron chi connectivity index (χ4n) is 3.98. The predicted octanol–water partition coefficient (Wildman–Crippen LogP) is 1.96. The summed E-state index contributed by atoms with van der Waals surface area (Å²) < 4.78 is 32.7. The Morgan fingerprint density at radius 2 is 1.03 bits per heavy atom. The third-order valence-electron chi connectivity index (χ3n) is 5.47. The first-order valence-electron chi connectivity index (χ1n) is 11.5. The molecule has 0 bridgehead atoms. The number of carbonyl (C=O) groups is 1. The van der Waals surface area contributed by atoms with Crippen LogP contribution in [-0.4, -0.2) is 10.7 Å². The lowest BCUT2D eigenvalue weighted by Gasteiger charge is -2.29. The van der Waals surface area contributed by atoms with Gasteiger partial charge in [0, 0.05) is 6.54 Å². The van der Waals surface area contributed by atoms with Crippen LogP contribution in [0.2, 0.25) is 0 Å². The van der Waals surface area contributed by atoms with E-state index in [1.165, 1.54) is 0 Å². The molecular weight excluding hydrogens is 582 g/mol. The van der Waals surface area contributed by atoms with Crippen molar-refractivity contribution in [2.75, 3.05) is 0 Å². The smallest absolute Gasteiger partial charge is 0.322 e. The minimum absolute atomic E-state index is 0.0275. The highest BCUT2D eigenvalue weighted by Gasteiger charge is 2.52. The van der Waals surface area contributed by atoms with Crippen molar-refractivity contribution in [2.45, 2.75) is 6.54 Å². The molecule has 0 unspecified atom stereocenters. The normalized spacial score (nSPS) is 11.0. The molecule has 0 atom stereocenters. The Hall–Kier alpha value is -2.97. The highest BCUT2D eigenvalue weighted by molar-refractivity contribution is 7.99. The summed E-state index contributed by atoms with van der Waals surface area (Å²) in [5.74, 6) is 0. The van der Waals surface area contributed by atoms with E-state index < -0.39 is 17.5 Å². The molecule has 0 radical (unpaired) electrons. The quantitative estimate of drug-likeness (QED) is 0.277. The van der Waals surface area contributed by atoms with E-state index in [4.69, 9.17) is 41.8 Å². The van der Waals surface area contributed by atoms with Gasteiger partial charge in [-0.2, -0.15) is 14.0 Å². The predicted molar refractivity (Wildman–Crippen MR) is 148 cm³/mol. The van der Waals surface area contributed by atoms with Crippen LogP contribution < -0.4 is 40.5 Å². The lowest BCUT2D eigenvalue weighted by atomic mass is 10.2. The van der Waals surface area contributed by atoms with Gasteiger partial charge in [0.05, 0.1) is 14.9 Å². The molecule has 0 spiro atoms. The summed E-state index contributed by atoms with van der Waals surface area (Å²) in [5.41, 5.74) is 1.49. The molecule has 2 amide bonds. The molecule has 39 heavy (non-hydrogen) atoms. The van der Waals surface area contributed by atoms with E-state index in [0.717, 1.165) is 21.5 Å². The summed E-state index contributed by atoms with van der Waals surface area (Å²) >= 11 is 13.1. The highest BCUT2D eigenvalue weighted by atomic mass is 35.7. The molecule has 0 aliphatic rings. The lowest BCUT2D eigenvalue weighted by molar-refractivity contribution is -1.92. The third-order valence-corrected chi connectivity index (χ3v) is 10.3. The van der Waals surface area contributed by atoms with Gasteiger partial charge >= 0.3 is 6.03 Å². The van der Waals surface area contributed by atoms with Gasteiger partial charge < -0.3 is 5.32 Å². The summed E-state index contributed by atoms with van der Waals surface area (Å²) in [6.07, 6.45) is 0. The maximum atomic E-state index is 13.1. The van der Waals surface area contributed by atoms with Crippen molar-refractivity contribution in [1.29, 1.82) is 0 Å². The Morgan fingerprint density at radius 3 is 1.36 bits per heavy atom. The van der Waals surface area contributed by atoms with Gasteiger partial charge in [-0.3, -0.25) is 5.32 Å². The molecule has 0 aliphatic carbocycles. The summed E-state index contributed by atoms with van der Waals surface area (Å²) in [6.45, 7) is 0.382. The van der Waals surface area contributed by atoms with E-state index in [1.54, 1.807) is 0 Å². The van der Waals surface area contributed by atoms with E-state index in [9.17, 15) is 4.79 Å². The highest BCUT2D eigenvalue weighted by Crippen LogP contribution is 2.62. The lowest BCUT2D eigenvalue weighted by Crippen LogP contribution is -2.58. The minimum Gasteiger partial charge on any atom is -0.334 e. The molecule has 202 valence electrons. The van der Waals surface area contributed by atoms with Crippen LogP contribution in [0.1, 0.15) is 5.56 Å². The van der Waals surface area contributed by atoms with E-state index in [1.807, 2.05) is 84.9 Å². The second-order valence-electron chi connectivity index (χ2n) is 7.98. The Morgan fingerprint density at radius 1 is 0.692 bits per heavy atom. The first-order valence-corrected chi connectivity index (χ1v) is 15.3. The molecular formula is C28H25Cl3N2O5P+. The van der Waals surface area contributed by atoms with Crippen LogP contribution in [0.25, 0.3) is 0 Å². The molecule has 3 N–H and O–H groups in total. The summed E-state index contributed by atoms with van der Waals surface area (Å²) in [5, 5.41) is 9.06. The van der Waals surface area contributed by atoms with Gasteiger partial charge in [-0.25, -0.2) is 4.79 Å². The van der Waals surface area contributed by atoms with Crippen molar-refractivity contribution in [3.05, 3.63) is 137 Å². The first kappa shape index (κ1) is 30.6. The van der Waals surface area contributed by atoms with E-state index in [2.05, 4.69) is 47.0 Å². The van der Waals surface area contributed by atoms with Gasteiger partial charge in [-0.1, -0.05) is 108 Å². The van der Waals surface area contributed by atoms with Crippen molar-refractivity contribution in [3.8, 4) is 0 Å². The number of nitrogens with one attached hydrogen (secondary N) is 2. The van der Waals surface area contributed by atoms with Crippen LogP contribution in [0.5, 0.6) is 0 Å². The number of hydrogen-bond acceptors (Lipinski definition) is 5. The number of halogens is 3. The van der Waals surface area contributed by atoms with Crippen molar-refractivity contribution < 1.29 is 33.7 Å². The maximum absolute atomic E-state index is 13.1. The number of urea groups is 1. The van der Waals surface area contributed by atoms with Gasteiger partial charge in [0.25, 0.3) is 0 Å². The zero-order valence-electron chi connectivity index (χ0n) is 20.4. The zero-order chi connectivity index (χ0) is 28.3. The molecule has 4 aromatic carbocycles. The SMILES string of the molecule is O=C(NCc1ccccc1)NC(=C(Cl)Cl)[P+](c1ccccc1)(c1ccccc1)c1ccccc1.[O-][Cl+3]([O-])([O-])O. The molecule has 0 heterocycles. The molecule has 0 aromatic heterocycles. The molecule has 4 rings (SSSR count). The van der Waals surface area contributed by atoms with E-state index in [0.29, 0.717) is 12.0 Å². The fraction of sp³-hybridized carbons (Fsp3) is 0.0357. The maximum Gasteiger partial charge on any atom is 0.322 e. The molecule has 0 saturated heterocycles. The van der Waals surface area contributed by atoms with Gasteiger partial charge in [-0.15, -0.1) is 0 Å². The van der Waals surface area contributed by atoms with Crippen LogP contribution in [-0.2, 0) is 6.54 Å². The summed E-state index contributed by atoms with van der Waals surface area (Å²) in [7, 11) is -7.32. The van der Waals surface area contributed by atoms with Crippen LogP contribution in [0.4, 0.5) is 4.79 Å². The molecule has 7 nitrogen and oxygen atoms in total. The third kappa shape index (κ3) is 8.77. The van der Waals surface area contributed by atoms with Gasteiger partial charge in [0.15, 0.2) is 11.8 Å². The second kappa shape index (κ2) is 14.4. The molecule has 0 aliphatic heterocycles. The van der Waals surface area contributed by atoms with Crippen molar-refractivity contribution in [3.63, 3.8) is 0 Å². The monoisotopic (exact) mass is 605 g/mol. The fourth-order valence-corrected chi connectivity index (χ4v) is 8.88. The summed E-state index contributed by atoms with van der Waals surface area (Å²) in [6, 6.07) is 39.6. The topological polar surface area (TPSA) is 131 Å². The van der Waals surface area contributed by atoms with Crippen molar-refractivity contribution in [2.24, 2.45) is 0 Å². The molecule has 11 heteroatoms. The van der Waals surface area contributed by atoms with Crippen LogP contribution >= 0.6 is 30.5 Å². The van der Waals surface area contributed by atoms with E-state index >= 15 is 0 Å². The standard InChI is InChI=1S/C28H23Cl2N2OP.ClHO4/c29-26(30)27(32-28(33)31-21-22-13-5-1-6-14-22)34(23-15-7-2-8-16-23,24-17-9-3-10-18-24)25-19-11-4-12-20-25;2-1(3,4)5/h1-20H,21H2,(H-,31,32,33);(H,2,3,4,5)/p+1. The summed E-state index contributed by atoms with van der Waals surface area (Å²) in [4.78, 5) is 13.1. The van der Waals surface area contributed by atoms with Crippen LogP contribution in [0.15, 0.2) is 131 Å². The number of benzene rings is 4. The Labute approximate surface area is 239 Å². The van der Waals surface area contributed by atoms with Gasteiger partial charge in [0.1, 0.15) is 15.9 Å². The van der Waals surface area contributed by atoms with Crippen LogP contribution in [0.3, 0.4) is 0 Å². The number of rotatable bonds is 7. The number of amides is 2. The average Bonchev–Trinajstić information content (AvgIpc) is 2.93. The number of carbonyl (C=O) groups excluding carboxylic acids is 1. The molecule has 0 saturated carbocycles. The van der Waals surface area contributed by atoms with Gasteiger partial charge in [-0.05, 0) is 42.0 Å². The van der Waals surface area contributed by atoms with Crippen LogP contribution in [0, 0.1) is 10.2 Å². The first-order chi connectivity index (χ1) is 18.6. The zero-order valence-corrected chi connectivity index (χ0v) is 23.6. The van der Waals surface area contributed by atoms with Crippen molar-refractivity contribution >= 4 is 52.4 Å². The van der Waals surface area contributed by atoms with Crippen molar-refractivity contribution in [1.82, 2.24) is 10.6 Å². The Kier molecular flexibility index (Phi) is 11.3. The Balaban J connectivity index is 0.000000771. The molecule has 4 aromatic rings. The Bertz CT molecular complexity index is 1250. The minimum atomic E-state index is -4.69. The number of hydrogen-bond donors (Lipinski definition) is 3. The second-order valence-corrected chi connectivity index (χ2v) is 13.1. The largest absolute Gasteiger partial charge is 0.334 e. The molecule has 0 fully saturated rings.